The number of hydrogen-bond acceptors (Lipinski definition) is 6. The van der Waals surface area contributed by atoms with E-state index in [9.17, 15) is 9.59 Å². The predicted octanol–water partition coefficient (Wildman–Crippen LogP) is 0.757. The van der Waals surface area contributed by atoms with Gasteiger partial charge in [0, 0.05) is 50.7 Å². The first-order valence-electron chi connectivity index (χ1n) is 9.93. The zero-order valence-electron chi connectivity index (χ0n) is 17.2. The van der Waals surface area contributed by atoms with Crippen molar-refractivity contribution in [2.75, 3.05) is 45.8 Å². The Labute approximate surface area is 165 Å². The summed E-state index contributed by atoms with van der Waals surface area (Å²) in [7, 11) is 0. The van der Waals surface area contributed by atoms with Gasteiger partial charge in [0.1, 0.15) is 0 Å². The molecule has 0 aromatic carbocycles. The maximum atomic E-state index is 12.9. The smallest absolute Gasteiger partial charge is 0.293 e. The fourth-order valence-corrected chi connectivity index (χ4v) is 3.60. The maximum absolute atomic E-state index is 12.9. The monoisotopic (exact) mass is 387 g/mol. The van der Waals surface area contributed by atoms with Crippen molar-refractivity contribution in [1.29, 1.82) is 0 Å². The molecule has 0 N–H and O–H groups in total. The lowest BCUT2D eigenvalue weighted by molar-refractivity contribution is -0.132. The Hall–Kier alpha value is -2.55. The fourth-order valence-electron chi connectivity index (χ4n) is 3.60. The van der Waals surface area contributed by atoms with Crippen LogP contribution < -0.4 is 0 Å². The van der Waals surface area contributed by atoms with Crippen LogP contribution >= 0.6 is 0 Å². The number of aromatic nitrogens is 4. The Balaban J connectivity index is 1.66. The van der Waals surface area contributed by atoms with Crippen molar-refractivity contribution in [2.24, 2.45) is 0 Å². The van der Waals surface area contributed by atoms with E-state index in [0.717, 1.165) is 37.4 Å². The number of likely N-dealkylation sites (N-methyl/N-ethyl adjacent to an activating group) is 1. The molecular weight excluding hydrogens is 358 g/mol. The summed E-state index contributed by atoms with van der Waals surface area (Å²) in [6, 6.07) is 1.91. The van der Waals surface area contributed by atoms with Gasteiger partial charge in [0.25, 0.3) is 11.7 Å². The molecule has 2 amide bonds. The van der Waals surface area contributed by atoms with Gasteiger partial charge in [-0.15, -0.1) is 5.10 Å². The molecule has 3 heterocycles. The van der Waals surface area contributed by atoms with E-state index < -0.39 is 0 Å². The molecule has 0 saturated carbocycles. The number of fused-ring (bicyclic) bond motifs is 1. The van der Waals surface area contributed by atoms with E-state index in [-0.39, 0.29) is 17.6 Å². The first-order chi connectivity index (χ1) is 13.4. The van der Waals surface area contributed by atoms with Gasteiger partial charge < -0.3 is 9.80 Å². The van der Waals surface area contributed by atoms with Crippen LogP contribution in [0, 0.1) is 13.8 Å². The van der Waals surface area contributed by atoms with E-state index in [1.807, 2.05) is 38.7 Å². The molecule has 0 spiro atoms. The van der Waals surface area contributed by atoms with Crippen molar-refractivity contribution in [3.63, 3.8) is 0 Å². The number of nitrogens with zero attached hydrogens (tertiary/aromatic N) is 7. The molecule has 1 aliphatic rings. The lowest BCUT2D eigenvalue weighted by Crippen LogP contribution is -2.42. The molecule has 152 valence electrons. The van der Waals surface area contributed by atoms with Crippen molar-refractivity contribution < 1.29 is 9.59 Å². The molecule has 1 aliphatic heterocycles. The SMILES string of the molecule is CCN(CC)C(=O)CN1CCCN(C(=O)c2nc3nc(C)cc(C)n3n2)CC1. The van der Waals surface area contributed by atoms with Gasteiger partial charge in [0.15, 0.2) is 0 Å². The highest BCUT2D eigenvalue weighted by Gasteiger charge is 2.25. The van der Waals surface area contributed by atoms with Gasteiger partial charge in [-0.1, -0.05) is 0 Å². The molecule has 0 unspecified atom stereocenters. The van der Waals surface area contributed by atoms with Gasteiger partial charge in [-0.3, -0.25) is 14.5 Å². The van der Waals surface area contributed by atoms with E-state index in [2.05, 4.69) is 20.0 Å². The summed E-state index contributed by atoms with van der Waals surface area (Å²) in [5, 5.41) is 4.35. The third kappa shape index (κ3) is 4.30. The van der Waals surface area contributed by atoms with Crippen LogP contribution in [0.25, 0.3) is 5.78 Å². The Morgan fingerprint density at radius 2 is 1.82 bits per heavy atom. The van der Waals surface area contributed by atoms with Crippen LogP contribution in [0.4, 0.5) is 0 Å². The average molecular weight is 387 g/mol. The zero-order valence-corrected chi connectivity index (χ0v) is 17.2. The number of hydrogen-bond donors (Lipinski definition) is 0. The van der Waals surface area contributed by atoms with Crippen molar-refractivity contribution in [3.05, 3.63) is 23.3 Å². The summed E-state index contributed by atoms with van der Waals surface area (Å²) in [5.74, 6) is 0.583. The first-order valence-corrected chi connectivity index (χ1v) is 9.93. The van der Waals surface area contributed by atoms with Crippen LogP contribution in [0.15, 0.2) is 6.07 Å². The molecule has 3 rings (SSSR count). The maximum Gasteiger partial charge on any atom is 0.293 e. The minimum atomic E-state index is -0.181. The molecule has 9 heteroatoms. The number of rotatable bonds is 5. The van der Waals surface area contributed by atoms with E-state index in [1.54, 1.807) is 9.42 Å². The Morgan fingerprint density at radius 3 is 2.54 bits per heavy atom. The largest absolute Gasteiger partial charge is 0.342 e. The molecule has 2 aromatic rings. The molecule has 9 nitrogen and oxygen atoms in total. The lowest BCUT2D eigenvalue weighted by atomic mass is 10.3. The van der Waals surface area contributed by atoms with Crippen molar-refractivity contribution in [1.82, 2.24) is 34.3 Å². The Morgan fingerprint density at radius 1 is 1.07 bits per heavy atom. The van der Waals surface area contributed by atoms with Crippen molar-refractivity contribution in [3.8, 4) is 0 Å². The van der Waals surface area contributed by atoms with E-state index in [1.165, 1.54) is 0 Å². The fraction of sp³-hybridized carbons (Fsp3) is 0.632. The third-order valence-electron chi connectivity index (χ3n) is 5.16. The van der Waals surface area contributed by atoms with Crippen LogP contribution in [0.3, 0.4) is 0 Å². The minimum absolute atomic E-state index is 0.142. The van der Waals surface area contributed by atoms with Gasteiger partial charge in [-0.2, -0.15) is 4.98 Å². The molecule has 28 heavy (non-hydrogen) atoms. The van der Waals surface area contributed by atoms with Gasteiger partial charge in [-0.25, -0.2) is 9.50 Å². The highest BCUT2D eigenvalue weighted by atomic mass is 16.2. The average Bonchev–Trinajstić information content (AvgIpc) is 2.95. The van der Waals surface area contributed by atoms with Crippen LogP contribution in [-0.2, 0) is 4.79 Å². The second-order valence-corrected chi connectivity index (χ2v) is 7.17. The molecule has 1 fully saturated rings. The topological polar surface area (TPSA) is 86.9 Å². The lowest BCUT2D eigenvalue weighted by Gasteiger charge is -2.25. The van der Waals surface area contributed by atoms with Crippen molar-refractivity contribution in [2.45, 2.75) is 34.1 Å². The summed E-state index contributed by atoms with van der Waals surface area (Å²) in [5.41, 5.74) is 1.74. The van der Waals surface area contributed by atoms with Gasteiger partial charge in [0.05, 0.1) is 6.54 Å². The van der Waals surface area contributed by atoms with E-state index in [4.69, 9.17) is 0 Å². The molecular formula is C19H29N7O2. The normalized spacial score (nSPS) is 15.6. The minimum Gasteiger partial charge on any atom is -0.342 e. The van der Waals surface area contributed by atoms with Crippen LogP contribution in [0.2, 0.25) is 0 Å². The highest BCUT2D eigenvalue weighted by molar-refractivity contribution is 5.91. The van der Waals surface area contributed by atoms with Gasteiger partial charge in [0.2, 0.25) is 11.7 Å². The Kier molecular flexibility index (Phi) is 6.23. The number of carbonyl (C=O) groups is 2. The summed E-state index contributed by atoms with van der Waals surface area (Å²) in [6.07, 6.45) is 0.820. The highest BCUT2D eigenvalue weighted by Crippen LogP contribution is 2.10. The molecule has 0 atom stereocenters. The van der Waals surface area contributed by atoms with Gasteiger partial charge >= 0.3 is 0 Å². The van der Waals surface area contributed by atoms with Gasteiger partial charge in [-0.05, 0) is 40.2 Å². The number of carbonyl (C=O) groups excluding carboxylic acids is 2. The second kappa shape index (κ2) is 8.64. The van der Waals surface area contributed by atoms with Crippen LogP contribution in [0.5, 0.6) is 0 Å². The van der Waals surface area contributed by atoms with E-state index >= 15 is 0 Å². The van der Waals surface area contributed by atoms with Crippen molar-refractivity contribution >= 4 is 17.6 Å². The Bertz CT molecular complexity index is 859. The summed E-state index contributed by atoms with van der Waals surface area (Å²) >= 11 is 0. The quantitative estimate of drug-likeness (QED) is 0.753. The summed E-state index contributed by atoms with van der Waals surface area (Å²) < 4.78 is 1.60. The zero-order chi connectivity index (χ0) is 20.3. The molecule has 1 saturated heterocycles. The molecule has 0 radical (unpaired) electrons. The summed E-state index contributed by atoms with van der Waals surface area (Å²) in [6.45, 7) is 12.3. The molecule has 0 aliphatic carbocycles. The predicted molar refractivity (Wildman–Crippen MR) is 105 cm³/mol. The number of aryl methyl sites for hydroxylation is 2. The van der Waals surface area contributed by atoms with Crippen LogP contribution in [-0.4, -0.2) is 91.9 Å². The number of amides is 2. The second-order valence-electron chi connectivity index (χ2n) is 7.17. The molecule has 2 aromatic heterocycles. The third-order valence-corrected chi connectivity index (χ3v) is 5.16. The van der Waals surface area contributed by atoms with Crippen LogP contribution in [0.1, 0.15) is 42.3 Å². The summed E-state index contributed by atoms with van der Waals surface area (Å²) in [4.78, 5) is 39.7. The van der Waals surface area contributed by atoms with E-state index in [0.29, 0.717) is 32.0 Å². The molecule has 0 bridgehead atoms. The standard InChI is InChI=1S/C19H29N7O2/c1-5-24(6-2)16(27)13-23-8-7-9-25(11-10-23)18(28)17-21-19-20-14(3)12-15(4)26(19)22-17/h12H,5-11,13H2,1-4H3. The first kappa shape index (κ1) is 20.2.